The molecule has 27 heavy (non-hydrogen) atoms. The zero-order chi connectivity index (χ0) is 20.0. The predicted molar refractivity (Wildman–Crippen MR) is 105 cm³/mol. The summed E-state index contributed by atoms with van der Waals surface area (Å²) in [7, 11) is 1.24. The smallest absolute Gasteiger partial charge is 0.331 e. The third-order valence-corrected chi connectivity index (χ3v) is 3.99. The number of ether oxygens (including phenoxy) is 1. The molecule has 0 heterocycles. The molecule has 0 aromatic heterocycles. The average molecular weight is 365 g/mol. The number of carbonyl (C=O) groups excluding carboxylic acids is 3. The number of rotatable bonds is 5. The SMILES string of the molecule is COC(=O)/C=C(\C(=O)N(C(=O)C(C)C)c1ccc(C)cc1)c1ccccc1. The highest BCUT2D eigenvalue weighted by molar-refractivity contribution is 6.35. The van der Waals surface area contributed by atoms with Gasteiger partial charge in [0.15, 0.2) is 0 Å². The van der Waals surface area contributed by atoms with Crippen molar-refractivity contribution in [3.8, 4) is 0 Å². The topological polar surface area (TPSA) is 63.7 Å². The van der Waals surface area contributed by atoms with Crippen LogP contribution in [0, 0.1) is 12.8 Å². The van der Waals surface area contributed by atoms with Crippen LogP contribution in [-0.4, -0.2) is 24.9 Å². The highest BCUT2D eigenvalue weighted by Crippen LogP contribution is 2.24. The highest BCUT2D eigenvalue weighted by Gasteiger charge is 2.29. The van der Waals surface area contributed by atoms with Gasteiger partial charge in [0.2, 0.25) is 5.91 Å². The van der Waals surface area contributed by atoms with E-state index in [1.165, 1.54) is 7.11 Å². The van der Waals surface area contributed by atoms with E-state index in [4.69, 9.17) is 4.74 Å². The zero-order valence-corrected chi connectivity index (χ0v) is 15.9. The number of aryl methyl sites for hydroxylation is 1. The summed E-state index contributed by atoms with van der Waals surface area (Å²) >= 11 is 0. The molecule has 0 aliphatic rings. The van der Waals surface area contributed by atoms with E-state index < -0.39 is 17.8 Å². The fourth-order valence-corrected chi connectivity index (χ4v) is 2.48. The molecule has 5 heteroatoms. The molecule has 5 nitrogen and oxygen atoms in total. The molecule has 0 fully saturated rings. The maximum absolute atomic E-state index is 13.4. The third kappa shape index (κ3) is 4.91. The maximum atomic E-state index is 13.4. The van der Waals surface area contributed by atoms with Crippen LogP contribution in [0.1, 0.15) is 25.0 Å². The second kappa shape index (κ2) is 8.94. The summed E-state index contributed by atoms with van der Waals surface area (Å²) in [5.74, 6) is -1.99. The predicted octanol–water partition coefficient (Wildman–Crippen LogP) is 3.77. The minimum Gasteiger partial charge on any atom is -0.466 e. The van der Waals surface area contributed by atoms with Crippen molar-refractivity contribution < 1.29 is 19.1 Å². The molecule has 140 valence electrons. The van der Waals surface area contributed by atoms with Gasteiger partial charge in [0.05, 0.1) is 18.4 Å². The number of nitrogens with zero attached hydrogens (tertiary/aromatic N) is 1. The zero-order valence-electron chi connectivity index (χ0n) is 15.9. The molecule has 0 aliphatic carbocycles. The van der Waals surface area contributed by atoms with Crippen LogP contribution >= 0.6 is 0 Å². The van der Waals surface area contributed by atoms with Gasteiger partial charge in [-0.05, 0) is 24.6 Å². The quantitative estimate of drug-likeness (QED) is 0.598. The van der Waals surface area contributed by atoms with E-state index in [-0.39, 0.29) is 11.5 Å². The van der Waals surface area contributed by atoms with Gasteiger partial charge in [0.25, 0.3) is 5.91 Å². The summed E-state index contributed by atoms with van der Waals surface area (Å²) in [4.78, 5) is 39.1. The van der Waals surface area contributed by atoms with Gasteiger partial charge < -0.3 is 4.74 Å². The Morgan fingerprint density at radius 1 is 0.963 bits per heavy atom. The van der Waals surface area contributed by atoms with Gasteiger partial charge in [-0.2, -0.15) is 0 Å². The molecule has 0 spiro atoms. The summed E-state index contributed by atoms with van der Waals surface area (Å²) in [6, 6.07) is 15.8. The molecular weight excluding hydrogens is 342 g/mol. The molecule has 2 aromatic rings. The second-order valence-corrected chi connectivity index (χ2v) is 6.42. The number of carbonyl (C=O) groups is 3. The Morgan fingerprint density at radius 3 is 2.07 bits per heavy atom. The monoisotopic (exact) mass is 365 g/mol. The maximum Gasteiger partial charge on any atom is 0.331 e. The van der Waals surface area contributed by atoms with Crippen molar-refractivity contribution >= 4 is 29.0 Å². The third-order valence-electron chi connectivity index (χ3n) is 3.99. The average Bonchev–Trinajstić information content (AvgIpc) is 2.67. The molecular formula is C22H23NO4. The van der Waals surface area contributed by atoms with Crippen molar-refractivity contribution in [2.75, 3.05) is 12.0 Å². The Labute approximate surface area is 159 Å². The summed E-state index contributed by atoms with van der Waals surface area (Å²) < 4.78 is 4.69. The first kappa shape index (κ1) is 20.1. The van der Waals surface area contributed by atoms with Crippen molar-refractivity contribution in [3.05, 3.63) is 71.8 Å². The normalized spacial score (nSPS) is 11.2. The largest absolute Gasteiger partial charge is 0.466 e. The van der Waals surface area contributed by atoms with Gasteiger partial charge in [0.1, 0.15) is 0 Å². The van der Waals surface area contributed by atoms with Crippen LogP contribution in [0.25, 0.3) is 5.57 Å². The summed E-state index contributed by atoms with van der Waals surface area (Å²) in [5.41, 5.74) is 2.09. The molecule has 2 rings (SSSR count). The minimum atomic E-state index is -0.664. The van der Waals surface area contributed by atoms with Crippen LogP contribution < -0.4 is 4.90 Å². The van der Waals surface area contributed by atoms with E-state index in [1.807, 2.05) is 19.1 Å². The van der Waals surface area contributed by atoms with Gasteiger partial charge in [-0.1, -0.05) is 61.9 Å². The van der Waals surface area contributed by atoms with Crippen LogP contribution in [0.5, 0.6) is 0 Å². The molecule has 0 radical (unpaired) electrons. The number of anilines is 1. The number of hydrogen-bond donors (Lipinski definition) is 0. The molecule has 0 saturated heterocycles. The van der Waals surface area contributed by atoms with E-state index in [9.17, 15) is 14.4 Å². The van der Waals surface area contributed by atoms with Crippen molar-refractivity contribution in [3.63, 3.8) is 0 Å². The summed E-state index contributed by atoms with van der Waals surface area (Å²) in [6.45, 7) is 5.37. The Balaban J connectivity index is 2.58. The first-order valence-corrected chi connectivity index (χ1v) is 8.65. The Morgan fingerprint density at radius 2 is 1.56 bits per heavy atom. The van der Waals surface area contributed by atoms with Crippen molar-refractivity contribution in [2.45, 2.75) is 20.8 Å². The van der Waals surface area contributed by atoms with Gasteiger partial charge in [0, 0.05) is 12.0 Å². The van der Waals surface area contributed by atoms with E-state index >= 15 is 0 Å². The van der Waals surface area contributed by atoms with Gasteiger partial charge in [-0.3, -0.25) is 9.59 Å². The number of imide groups is 1. The molecule has 0 bridgehead atoms. The van der Waals surface area contributed by atoms with Crippen LogP contribution in [0.3, 0.4) is 0 Å². The first-order chi connectivity index (χ1) is 12.8. The highest BCUT2D eigenvalue weighted by atomic mass is 16.5. The molecule has 0 unspecified atom stereocenters. The molecule has 0 atom stereocenters. The lowest BCUT2D eigenvalue weighted by Gasteiger charge is -2.24. The summed E-state index contributed by atoms with van der Waals surface area (Å²) in [6.07, 6.45) is 1.12. The minimum absolute atomic E-state index is 0.0945. The van der Waals surface area contributed by atoms with E-state index in [1.54, 1.807) is 56.3 Å². The Bertz CT molecular complexity index is 852. The Hall–Kier alpha value is -3.21. The Kier molecular flexibility index (Phi) is 6.66. The van der Waals surface area contributed by atoms with Crippen LogP contribution in [0.15, 0.2) is 60.7 Å². The van der Waals surface area contributed by atoms with Crippen LogP contribution in [-0.2, 0) is 19.1 Å². The molecule has 0 N–H and O–H groups in total. The van der Waals surface area contributed by atoms with E-state index in [0.717, 1.165) is 16.5 Å². The number of methoxy groups -OCH3 is 1. The lowest BCUT2D eigenvalue weighted by atomic mass is 10.0. The summed E-state index contributed by atoms with van der Waals surface area (Å²) in [5, 5.41) is 0. The van der Waals surface area contributed by atoms with E-state index in [0.29, 0.717) is 11.3 Å². The van der Waals surface area contributed by atoms with Crippen molar-refractivity contribution in [2.24, 2.45) is 5.92 Å². The molecule has 0 saturated carbocycles. The number of amides is 2. The van der Waals surface area contributed by atoms with E-state index in [2.05, 4.69) is 0 Å². The lowest BCUT2D eigenvalue weighted by molar-refractivity contribution is -0.135. The molecule has 2 amide bonds. The number of benzene rings is 2. The first-order valence-electron chi connectivity index (χ1n) is 8.65. The van der Waals surface area contributed by atoms with Crippen LogP contribution in [0.4, 0.5) is 5.69 Å². The van der Waals surface area contributed by atoms with Gasteiger partial charge in [-0.25, -0.2) is 9.69 Å². The fraction of sp³-hybridized carbons (Fsp3) is 0.227. The van der Waals surface area contributed by atoms with Crippen molar-refractivity contribution in [1.29, 1.82) is 0 Å². The van der Waals surface area contributed by atoms with Crippen LogP contribution in [0.2, 0.25) is 0 Å². The molecule has 2 aromatic carbocycles. The fourth-order valence-electron chi connectivity index (χ4n) is 2.48. The number of hydrogen-bond acceptors (Lipinski definition) is 4. The van der Waals surface area contributed by atoms with Gasteiger partial charge in [-0.15, -0.1) is 0 Å². The van der Waals surface area contributed by atoms with Gasteiger partial charge >= 0.3 is 5.97 Å². The van der Waals surface area contributed by atoms with Crippen molar-refractivity contribution in [1.82, 2.24) is 0 Å². The lowest BCUT2D eigenvalue weighted by Crippen LogP contribution is -2.40. The molecule has 0 aliphatic heterocycles. The number of esters is 1. The standard InChI is InChI=1S/C22H23NO4/c1-15(2)21(25)23(18-12-10-16(3)11-13-18)22(26)19(14-20(24)27-4)17-8-6-5-7-9-17/h5-15H,1-4H3/b19-14-. The second-order valence-electron chi connectivity index (χ2n) is 6.42.